The van der Waals surface area contributed by atoms with Crippen LogP contribution in [0.15, 0.2) is 206 Å². The summed E-state index contributed by atoms with van der Waals surface area (Å²) < 4.78 is 2.71. The molecule has 62 heavy (non-hydrogen) atoms. The van der Waals surface area contributed by atoms with Gasteiger partial charge in [0, 0.05) is 43.3 Å². The fraction of sp³-hybridized carbons (Fsp3) is 0.0345. The van der Waals surface area contributed by atoms with Crippen molar-refractivity contribution in [1.82, 2.24) is 0 Å². The van der Waals surface area contributed by atoms with Crippen LogP contribution in [0.2, 0.25) is 0 Å². The van der Waals surface area contributed by atoms with E-state index in [-0.39, 0.29) is 6.71 Å². The second kappa shape index (κ2) is 12.6. The highest BCUT2D eigenvalue weighted by Crippen LogP contribution is 2.64. The first-order valence-electron chi connectivity index (χ1n) is 21.6. The second-order valence-corrected chi connectivity index (χ2v) is 18.3. The highest BCUT2D eigenvalue weighted by molar-refractivity contribution is 7.33. The lowest BCUT2D eigenvalue weighted by molar-refractivity contribution is 0.795. The summed E-state index contributed by atoms with van der Waals surface area (Å²) in [6, 6.07) is 77.6. The molecule has 0 fully saturated rings. The molecular formula is C58H37BN2S. The van der Waals surface area contributed by atoms with E-state index in [2.05, 4.69) is 223 Å². The Hall–Kier alpha value is -7.40. The van der Waals surface area contributed by atoms with Crippen LogP contribution >= 0.6 is 11.3 Å². The Morgan fingerprint density at radius 1 is 0.435 bits per heavy atom. The summed E-state index contributed by atoms with van der Waals surface area (Å²) in [4.78, 5) is 5.09. The Kier molecular flexibility index (Phi) is 6.96. The number of aryl methyl sites for hydroxylation is 1. The highest BCUT2D eigenvalue weighted by atomic mass is 32.1. The average molecular weight is 805 g/mol. The van der Waals surface area contributed by atoms with E-state index in [1.54, 1.807) is 0 Å². The van der Waals surface area contributed by atoms with E-state index in [9.17, 15) is 0 Å². The summed E-state index contributed by atoms with van der Waals surface area (Å²) in [6.07, 6.45) is 0. The van der Waals surface area contributed by atoms with Crippen molar-refractivity contribution in [2.45, 2.75) is 12.3 Å². The van der Waals surface area contributed by atoms with Crippen LogP contribution in [0.25, 0.3) is 43.5 Å². The molecule has 0 unspecified atom stereocenters. The predicted octanol–water partition coefficient (Wildman–Crippen LogP) is 13.3. The van der Waals surface area contributed by atoms with Crippen LogP contribution in [0.4, 0.5) is 34.1 Å². The van der Waals surface area contributed by atoms with E-state index < -0.39 is 5.41 Å². The number of fused-ring (bicyclic) bond motifs is 16. The molecule has 0 saturated heterocycles. The number of para-hydroxylation sites is 1. The SMILES string of the molecule is Cc1ccc(N2c3cc(-c4ccccc4)ccc3B3c4sc5cc6c(cc5c4N(c4ccccc4)c4cccc2c43)-c2ccccc2C62c3ccccc3-c3ccccc32)cc1. The number of hydrogen-bond donors (Lipinski definition) is 0. The molecule has 0 saturated carbocycles. The van der Waals surface area contributed by atoms with Crippen molar-refractivity contribution < 1.29 is 0 Å². The molecule has 288 valence electrons. The monoisotopic (exact) mass is 804 g/mol. The Morgan fingerprint density at radius 2 is 1.02 bits per heavy atom. The third kappa shape index (κ3) is 4.39. The minimum Gasteiger partial charge on any atom is -0.311 e. The van der Waals surface area contributed by atoms with Crippen LogP contribution in [0.3, 0.4) is 0 Å². The van der Waals surface area contributed by atoms with Crippen LogP contribution in [0.5, 0.6) is 0 Å². The number of thiophene rings is 1. The van der Waals surface area contributed by atoms with Crippen molar-refractivity contribution in [2.24, 2.45) is 0 Å². The largest absolute Gasteiger partial charge is 0.311 e. The number of rotatable bonds is 3. The third-order valence-corrected chi connectivity index (χ3v) is 15.3. The molecule has 14 rings (SSSR count). The van der Waals surface area contributed by atoms with Crippen molar-refractivity contribution in [1.29, 1.82) is 0 Å². The van der Waals surface area contributed by atoms with Crippen molar-refractivity contribution in [3.63, 3.8) is 0 Å². The van der Waals surface area contributed by atoms with Crippen molar-refractivity contribution in [2.75, 3.05) is 9.80 Å². The first kappa shape index (κ1) is 34.3. The lowest BCUT2D eigenvalue weighted by Crippen LogP contribution is -2.60. The zero-order valence-electron chi connectivity index (χ0n) is 34.0. The summed E-state index contributed by atoms with van der Waals surface area (Å²) in [5.74, 6) is 0. The molecule has 0 bridgehead atoms. The summed E-state index contributed by atoms with van der Waals surface area (Å²) in [7, 11) is 0. The van der Waals surface area contributed by atoms with Crippen LogP contribution in [0, 0.1) is 6.92 Å². The standard InChI is InChI=1S/C58H37BN2S/c1-36-27-30-40(31-28-36)60-51-25-14-26-52-55(51)59(50-32-29-38(33-53(50)60)37-15-4-2-5-16-37)57-56(61(52)39-17-6-3-7-18-39)45-34-44-43-21-10-13-24-48(43)58(49(44)35-54(45)62-57)46-22-11-8-19-41(46)42-20-9-12-23-47(42)58/h2-35H,1H3. The minimum atomic E-state index is -0.396. The van der Waals surface area contributed by atoms with Gasteiger partial charge in [-0.15, -0.1) is 11.3 Å². The quantitative estimate of drug-likeness (QED) is 0.164. The topological polar surface area (TPSA) is 6.48 Å². The smallest absolute Gasteiger partial charge is 0.264 e. The van der Waals surface area contributed by atoms with Crippen LogP contribution in [-0.2, 0) is 5.41 Å². The minimum absolute atomic E-state index is 0.0408. The van der Waals surface area contributed by atoms with E-state index in [1.807, 2.05) is 11.3 Å². The maximum absolute atomic E-state index is 2.59. The van der Waals surface area contributed by atoms with Gasteiger partial charge < -0.3 is 9.80 Å². The molecule has 2 nitrogen and oxygen atoms in total. The maximum Gasteiger partial charge on any atom is 0.264 e. The number of hydrogen-bond acceptors (Lipinski definition) is 3. The van der Waals surface area contributed by atoms with Gasteiger partial charge in [-0.05, 0) is 128 Å². The zero-order valence-corrected chi connectivity index (χ0v) is 34.8. The van der Waals surface area contributed by atoms with E-state index in [0.29, 0.717) is 0 Å². The average Bonchev–Trinajstić information content (AvgIpc) is 3.95. The number of benzene rings is 9. The van der Waals surface area contributed by atoms with Gasteiger partial charge in [0.15, 0.2) is 0 Å². The fourth-order valence-corrected chi connectivity index (χ4v) is 13.0. The zero-order chi connectivity index (χ0) is 40.7. The molecule has 3 heterocycles. The van der Waals surface area contributed by atoms with Crippen LogP contribution in [0.1, 0.15) is 27.8 Å². The van der Waals surface area contributed by atoms with Gasteiger partial charge in [-0.1, -0.05) is 157 Å². The van der Waals surface area contributed by atoms with Crippen molar-refractivity contribution in [3.8, 4) is 33.4 Å². The molecule has 10 aromatic rings. The molecule has 2 aliphatic carbocycles. The molecule has 4 aliphatic rings. The van der Waals surface area contributed by atoms with Gasteiger partial charge in [-0.3, -0.25) is 0 Å². The summed E-state index contributed by atoms with van der Waals surface area (Å²) in [5, 5.41) is 1.30. The molecule has 2 aliphatic heterocycles. The third-order valence-electron chi connectivity index (χ3n) is 14.1. The number of nitrogens with zero attached hydrogens (tertiary/aromatic N) is 2. The van der Waals surface area contributed by atoms with Gasteiger partial charge in [-0.25, -0.2) is 0 Å². The first-order chi connectivity index (χ1) is 30.7. The summed E-state index contributed by atoms with van der Waals surface area (Å²) in [5.41, 5.74) is 24.1. The summed E-state index contributed by atoms with van der Waals surface area (Å²) >= 11 is 1.99. The Labute approximate surface area is 365 Å². The predicted molar refractivity (Wildman–Crippen MR) is 262 cm³/mol. The van der Waals surface area contributed by atoms with E-state index >= 15 is 0 Å². The molecule has 0 N–H and O–H groups in total. The Morgan fingerprint density at radius 3 is 1.69 bits per heavy atom. The molecule has 0 atom stereocenters. The lowest BCUT2D eigenvalue weighted by atomic mass is 9.36. The van der Waals surface area contributed by atoms with E-state index in [0.717, 1.165) is 0 Å². The Balaban J connectivity index is 1.08. The van der Waals surface area contributed by atoms with Crippen molar-refractivity contribution in [3.05, 3.63) is 234 Å². The molecule has 1 aromatic heterocycles. The lowest BCUT2D eigenvalue weighted by Gasteiger charge is -2.43. The normalized spacial score (nSPS) is 14.2. The van der Waals surface area contributed by atoms with Gasteiger partial charge in [0.05, 0.1) is 11.1 Å². The molecular weight excluding hydrogens is 768 g/mol. The van der Waals surface area contributed by atoms with Gasteiger partial charge >= 0.3 is 0 Å². The summed E-state index contributed by atoms with van der Waals surface area (Å²) in [6.45, 7) is 2.21. The highest BCUT2D eigenvalue weighted by Gasteiger charge is 2.52. The van der Waals surface area contributed by atoms with Crippen LogP contribution < -0.4 is 25.5 Å². The van der Waals surface area contributed by atoms with Crippen molar-refractivity contribution >= 4 is 78.0 Å². The molecule has 0 amide bonds. The maximum atomic E-state index is 2.59. The Bertz CT molecular complexity index is 3450. The van der Waals surface area contributed by atoms with Gasteiger partial charge in [0.25, 0.3) is 6.71 Å². The molecule has 1 spiro atoms. The number of anilines is 6. The van der Waals surface area contributed by atoms with E-state index in [4.69, 9.17) is 0 Å². The van der Waals surface area contributed by atoms with Gasteiger partial charge in [0.1, 0.15) is 0 Å². The molecule has 9 aromatic carbocycles. The molecule has 4 heteroatoms. The van der Waals surface area contributed by atoms with E-state index in [1.165, 1.54) is 121 Å². The van der Waals surface area contributed by atoms with Gasteiger partial charge in [0.2, 0.25) is 0 Å². The fourth-order valence-electron chi connectivity index (χ4n) is 11.6. The molecule has 0 radical (unpaired) electrons. The second-order valence-electron chi connectivity index (χ2n) is 17.2. The first-order valence-corrected chi connectivity index (χ1v) is 22.4. The van der Waals surface area contributed by atoms with Crippen LogP contribution in [-0.4, -0.2) is 6.71 Å². The van der Waals surface area contributed by atoms with Gasteiger partial charge in [-0.2, -0.15) is 0 Å².